The summed E-state index contributed by atoms with van der Waals surface area (Å²) in [6, 6.07) is 7.00. The Hall–Kier alpha value is -2.61. The maximum absolute atomic E-state index is 12.5. The number of hydrogen-bond acceptors (Lipinski definition) is 5. The second-order valence-electron chi connectivity index (χ2n) is 5.58. The Bertz CT molecular complexity index is 966. The molecular weight excluding hydrogens is 328 g/mol. The molecule has 2 aromatic heterocycles. The van der Waals surface area contributed by atoms with Crippen molar-refractivity contribution in [3.63, 3.8) is 0 Å². The van der Waals surface area contributed by atoms with Crippen molar-refractivity contribution in [3.8, 4) is 11.3 Å². The summed E-state index contributed by atoms with van der Waals surface area (Å²) in [6.07, 6.45) is 0. The van der Waals surface area contributed by atoms with Crippen LogP contribution < -0.4 is 4.72 Å². The lowest BCUT2D eigenvalue weighted by atomic mass is 10.1. The molecule has 0 amide bonds. The zero-order chi connectivity index (χ0) is 17.5. The second kappa shape index (κ2) is 5.79. The Kier molecular flexibility index (Phi) is 3.92. The smallest absolute Gasteiger partial charge is 0.265 e. The average Bonchev–Trinajstić information content (AvgIpc) is 3.01. The summed E-state index contributed by atoms with van der Waals surface area (Å²) >= 11 is 0. The van der Waals surface area contributed by atoms with Crippen LogP contribution in [0.3, 0.4) is 0 Å². The van der Waals surface area contributed by atoms with Crippen LogP contribution in [-0.4, -0.2) is 23.6 Å². The molecule has 3 rings (SSSR count). The number of H-pyrrole nitrogens is 1. The van der Waals surface area contributed by atoms with Crippen LogP contribution in [-0.2, 0) is 10.0 Å². The Morgan fingerprint density at radius 3 is 2.25 bits per heavy atom. The molecule has 0 aliphatic rings. The zero-order valence-corrected chi connectivity index (χ0v) is 14.7. The summed E-state index contributed by atoms with van der Waals surface area (Å²) in [4.78, 5) is 4.51. The third-order valence-electron chi connectivity index (χ3n) is 3.64. The summed E-state index contributed by atoms with van der Waals surface area (Å²) in [5.41, 5.74) is 3.03. The molecule has 0 aliphatic carbocycles. The fourth-order valence-corrected chi connectivity index (χ4v) is 4.07. The molecule has 8 heteroatoms. The molecule has 0 unspecified atom stereocenters. The Balaban J connectivity index is 1.88. The number of rotatable bonds is 4. The predicted molar refractivity (Wildman–Crippen MR) is 90.3 cm³/mol. The highest BCUT2D eigenvalue weighted by Gasteiger charge is 2.22. The number of aromatic amines is 1. The first-order chi connectivity index (χ1) is 11.3. The van der Waals surface area contributed by atoms with E-state index in [9.17, 15) is 8.42 Å². The third kappa shape index (κ3) is 2.92. The van der Waals surface area contributed by atoms with Gasteiger partial charge in [0, 0.05) is 18.2 Å². The van der Waals surface area contributed by atoms with Crippen molar-refractivity contribution in [2.45, 2.75) is 32.6 Å². The molecule has 0 radical (unpaired) electrons. The molecule has 0 fully saturated rings. The molecule has 2 N–H and O–H groups in total. The third-order valence-corrected chi connectivity index (χ3v) is 5.29. The normalized spacial score (nSPS) is 11.7. The Labute approximate surface area is 140 Å². The Morgan fingerprint density at radius 2 is 1.75 bits per heavy atom. The van der Waals surface area contributed by atoms with Gasteiger partial charge in [0.2, 0.25) is 0 Å². The van der Waals surface area contributed by atoms with E-state index < -0.39 is 10.0 Å². The van der Waals surface area contributed by atoms with Gasteiger partial charge in [0.25, 0.3) is 10.0 Å². The summed E-state index contributed by atoms with van der Waals surface area (Å²) in [5, 5.41) is 6.61. The molecular formula is C16H18N4O3S. The molecule has 0 aliphatic heterocycles. The van der Waals surface area contributed by atoms with Crippen LogP contribution in [0.5, 0.6) is 0 Å². The lowest BCUT2D eigenvalue weighted by Gasteiger charge is -2.08. The first kappa shape index (κ1) is 16.3. The van der Waals surface area contributed by atoms with E-state index in [1.54, 1.807) is 45.0 Å². The van der Waals surface area contributed by atoms with Gasteiger partial charge >= 0.3 is 0 Å². The summed E-state index contributed by atoms with van der Waals surface area (Å²) in [5.74, 6) is 1.32. The van der Waals surface area contributed by atoms with Gasteiger partial charge in [-0.15, -0.1) is 0 Å². The molecule has 0 saturated heterocycles. The van der Waals surface area contributed by atoms with E-state index in [1.807, 2.05) is 6.92 Å². The zero-order valence-electron chi connectivity index (χ0n) is 13.8. The van der Waals surface area contributed by atoms with Crippen molar-refractivity contribution < 1.29 is 12.8 Å². The van der Waals surface area contributed by atoms with Gasteiger partial charge in [0.05, 0.1) is 11.4 Å². The lowest BCUT2D eigenvalue weighted by Crippen LogP contribution is -2.14. The largest absolute Gasteiger partial charge is 0.446 e. The van der Waals surface area contributed by atoms with Gasteiger partial charge < -0.3 is 4.42 Å². The number of aryl methyl sites for hydroxylation is 4. The molecule has 1 aromatic carbocycles. The molecule has 0 spiro atoms. The molecule has 2 heterocycles. The summed E-state index contributed by atoms with van der Waals surface area (Å²) < 4.78 is 33.0. The van der Waals surface area contributed by atoms with Crippen molar-refractivity contribution in [1.82, 2.24) is 15.2 Å². The van der Waals surface area contributed by atoms with Crippen molar-refractivity contribution in [3.05, 3.63) is 47.3 Å². The monoisotopic (exact) mass is 346 g/mol. The minimum atomic E-state index is -3.69. The van der Waals surface area contributed by atoms with E-state index >= 15 is 0 Å². The van der Waals surface area contributed by atoms with Crippen LogP contribution >= 0.6 is 0 Å². The SMILES string of the molecule is Cc1nc(-c2ccc(NS(=O)(=O)c3c(C)n[nH]c3C)cc2)c(C)o1. The molecule has 0 bridgehead atoms. The van der Waals surface area contributed by atoms with Crippen LogP contribution in [0.4, 0.5) is 5.69 Å². The molecule has 24 heavy (non-hydrogen) atoms. The summed E-state index contributed by atoms with van der Waals surface area (Å²) in [7, 11) is -3.69. The topological polar surface area (TPSA) is 101 Å². The molecule has 7 nitrogen and oxygen atoms in total. The number of nitrogens with one attached hydrogen (secondary N) is 2. The fourth-order valence-electron chi connectivity index (χ4n) is 2.64. The quantitative estimate of drug-likeness (QED) is 0.756. The number of benzene rings is 1. The van der Waals surface area contributed by atoms with Gasteiger partial charge in [0.15, 0.2) is 5.89 Å². The number of hydrogen-bond donors (Lipinski definition) is 2. The van der Waals surface area contributed by atoms with Gasteiger partial charge in [-0.1, -0.05) is 12.1 Å². The first-order valence-corrected chi connectivity index (χ1v) is 8.85. The number of oxazole rings is 1. The number of nitrogens with zero attached hydrogens (tertiary/aromatic N) is 2. The van der Waals surface area contributed by atoms with Gasteiger partial charge in [-0.25, -0.2) is 13.4 Å². The molecule has 0 atom stereocenters. The van der Waals surface area contributed by atoms with Crippen molar-refractivity contribution >= 4 is 15.7 Å². The van der Waals surface area contributed by atoms with E-state index in [-0.39, 0.29) is 4.90 Å². The number of anilines is 1. The van der Waals surface area contributed by atoms with Crippen LogP contribution in [0.1, 0.15) is 23.0 Å². The van der Waals surface area contributed by atoms with Crippen LogP contribution in [0.2, 0.25) is 0 Å². The van der Waals surface area contributed by atoms with Gasteiger partial charge in [-0.2, -0.15) is 5.10 Å². The van der Waals surface area contributed by atoms with Crippen molar-refractivity contribution in [2.75, 3.05) is 4.72 Å². The van der Waals surface area contributed by atoms with Crippen molar-refractivity contribution in [2.24, 2.45) is 0 Å². The van der Waals surface area contributed by atoms with Gasteiger partial charge in [-0.3, -0.25) is 9.82 Å². The van der Waals surface area contributed by atoms with E-state index in [0.717, 1.165) is 17.0 Å². The Morgan fingerprint density at radius 1 is 1.08 bits per heavy atom. The van der Waals surface area contributed by atoms with E-state index in [2.05, 4.69) is 19.9 Å². The minimum absolute atomic E-state index is 0.176. The molecule has 0 saturated carbocycles. The standard InChI is InChI=1S/C16H18N4O3S/c1-9-16(10(2)19-18-9)24(21,22)20-14-7-5-13(6-8-14)15-11(3)23-12(4)17-15/h5-8,20H,1-4H3,(H,18,19). The maximum atomic E-state index is 12.5. The highest BCUT2D eigenvalue weighted by atomic mass is 32.2. The van der Waals surface area contributed by atoms with E-state index in [0.29, 0.717) is 23.0 Å². The van der Waals surface area contributed by atoms with Gasteiger partial charge in [0.1, 0.15) is 16.3 Å². The minimum Gasteiger partial charge on any atom is -0.446 e. The van der Waals surface area contributed by atoms with E-state index in [1.165, 1.54) is 0 Å². The maximum Gasteiger partial charge on any atom is 0.265 e. The highest BCUT2D eigenvalue weighted by molar-refractivity contribution is 7.92. The average molecular weight is 346 g/mol. The van der Waals surface area contributed by atoms with Crippen molar-refractivity contribution in [1.29, 1.82) is 0 Å². The van der Waals surface area contributed by atoms with Crippen LogP contribution in [0.25, 0.3) is 11.3 Å². The van der Waals surface area contributed by atoms with Crippen LogP contribution in [0, 0.1) is 27.7 Å². The highest BCUT2D eigenvalue weighted by Crippen LogP contribution is 2.26. The van der Waals surface area contributed by atoms with Gasteiger partial charge in [-0.05, 0) is 32.9 Å². The lowest BCUT2D eigenvalue weighted by molar-refractivity contribution is 0.495. The number of sulfonamides is 1. The number of aromatic nitrogens is 3. The second-order valence-corrected chi connectivity index (χ2v) is 7.20. The van der Waals surface area contributed by atoms with Crippen LogP contribution in [0.15, 0.2) is 33.6 Å². The molecule has 3 aromatic rings. The fraction of sp³-hybridized carbons (Fsp3) is 0.250. The van der Waals surface area contributed by atoms with E-state index in [4.69, 9.17) is 4.42 Å². The first-order valence-electron chi connectivity index (χ1n) is 7.37. The summed E-state index contributed by atoms with van der Waals surface area (Å²) in [6.45, 7) is 6.95. The molecule has 126 valence electrons. The predicted octanol–water partition coefficient (Wildman–Crippen LogP) is 3.10.